The molecule has 1 aliphatic heterocycles. The second-order valence-electron chi connectivity index (χ2n) is 7.26. The van der Waals surface area contributed by atoms with Crippen LogP contribution in [-0.2, 0) is 4.74 Å². The van der Waals surface area contributed by atoms with Crippen LogP contribution in [0.25, 0.3) is 0 Å². The zero-order chi connectivity index (χ0) is 12.5. The van der Waals surface area contributed by atoms with Crippen molar-refractivity contribution >= 4 is 0 Å². The molecule has 2 saturated carbocycles. The van der Waals surface area contributed by atoms with Crippen molar-refractivity contribution in [3.63, 3.8) is 0 Å². The highest BCUT2D eigenvalue weighted by molar-refractivity contribution is 4.92. The van der Waals surface area contributed by atoms with Crippen LogP contribution in [0.3, 0.4) is 0 Å². The van der Waals surface area contributed by atoms with Gasteiger partial charge in [-0.25, -0.2) is 0 Å². The van der Waals surface area contributed by atoms with Gasteiger partial charge in [0.2, 0.25) is 0 Å². The molecule has 0 aromatic carbocycles. The molecule has 1 heterocycles. The molecular weight excluding hydrogens is 222 g/mol. The SMILES string of the molecule is CC1(CNC2CCC3(CCCC3)CC2)CCCO1. The van der Waals surface area contributed by atoms with E-state index < -0.39 is 0 Å². The van der Waals surface area contributed by atoms with Crippen molar-refractivity contribution < 1.29 is 4.74 Å². The van der Waals surface area contributed by atoms with Gasteiger partial charge in [0.25, 0.3) is 0 Å². The molecule has 2 heteroatoms. The first-order valence-electron chi connectivity index (χ1n) is 8.07. The highest BCUT2D eigenvalue weighted by Gasteiger charge is 2.38. The average Bonchev–Trinajstić information content (AvgIpc) is 3.00. The normalized spacial score (nSPS) is 36.5. The molecule has 2 aliphatic carbocycles. The number of rotatable bonds is 3. The molecule has 1 spiro atoms. The molecule has 0 bridgehead atoms. The summed E-state index contributed by atoms with van der Waals surface area (Å²) in [6.45, 7) is 4.30. The minimum absolute atomic E-state index is 0.127. The van der Waals surface area contributed by atoms with E-state index >= 15 is 0 Å². The molecule has 3 aliphatic rings. The second-order valence-corrected chi connectivity index (χ2v) is 7.26. The van der Waals surface area contributed by atoms with Gasteiger partial charge in [-0.15, -0.1) is 0 Å². The summed E-state index contributed by atoms with van der Waals surface area (Å²) in [5.74, 6) is 0. The van der Waals surface area contributed by atoms with Gasteiger partial charge in [0, 0.05) is 19.2 Å². The van der Waals surface area contributed by atoms with Gasteiger partial charge in [-0.3, -0.25) is 0 Å². The summed E-state index contributed by atoms with van der Waals surface area (Å²) in [5, 5.41) is 3.79. The van der Waals surface area contributed by atoms with E-state index in [9.17, 15) is 0 Å². The Morgan fingerprint density at radius 3 is 2.33 bits per heavy atom. The summed E-state index contributed by atoms with van der Waals surface area (Å²) >= 11 is 0. The standard InChI is InChI=1S/C16H29NO/c1-15(7-4-12-18-15)13-17-14-5-10-16(11-6-14)8-2-3-9-16/h14,17H,2-13H2,1H3. The fraction of sp³-hybridized carbons (Fsp3) is 1.00. The minimum atomic E-state index is 0.127. The highest BCUT2D eigenvalue weighted by atomic mass is 16.5. The van der Waals surface area contributed by atoms with Gasteiger partial charge < -0.3 is 10.1 Å². The first-order valence-corrected chi connectivity index (χ1v) is 8.07. The topological polar surface area (TPSA) is 21.3 Å². The smallest absolute Gasteiger partial charge is 0.0779 e. The fourth-order valence-corrected chi connectivity index (χ4v) is 4.40. The molecule has 0 aromatic rings. The van der Waals surface area contributed by atoms with Crippen molar-refractivity contribution in [2.75, 3.05) is 13.2 Å². The fourth-order valence-electron chi connectivity index (χ4n) is 4.40. The van der Waals surface area contributed by atoms with Crippen molar-refractivity contribution in [2.45, 2.75) is 82.8 Å². The van der Waals surface area contributed by atoms with Crippen LogP contribution in [0.2, 0.25) is 0 Å². The third-order valence-electron chi connectivity index (χ3n) is 5.78. The van der Waals surface area contributed by atoms with Crippen LogP contribution in [0.4, 0.5) is 0 Å². The van der Waals surface area contributed by atoms with Crippen LogP contribution < -0.4 is 5.32 Å². The van der Waals surface area contributed by atoms with E-state index in [0.29, 0.717) is 0 Å². The maximum absolute atomic E-state index is 5.86. The van der Waals surface area contributed by atoms with Crippen LogP contribution in [0.1, 0.15) is 71.1 Å². The van der Waals surface area contributed by atoms with E-state index in [4.69, 9.17) is 4.74 Å². The largest absolute Gasteiger partial charge is 0.374 e. The Morgan fingerprint density at radius 2 is 1.72 bits per heavy atom. The van der Waals surface area contributed by atoms with E-state index in [1.165, 1.54) is 64.2 Å². The average molecular weight is 251 g/mol. The van der Waals surface area contributed by atoms with Gasteiger partial charge in [-0.1, -0.05) is 12.8 Å². The lowest BCUT2D eigenvalue weighted by Gasteiger charge is -2.38. The van der Waals surface area contributed by atoms with Crippen LogP contribution in [0, 0.1) is 5.41 Å². The maximum atomic E-state index is 5.86. The lowest BCUT2D eigenvalue weighted by atomic mass is 9.71. The summed E-state index contributed by atoms with van der Waals surface area (Å²) in [7, 11) is 0. The molecule has 1 saturated heterocycles. The van der Waals surface area contributed by atoms with Crippen LogP contribution in [0.15, 0.2) is 0 Å². The second kappa shape index (κ2) is 5.13. The Balaban J connectivity index is 1.43. The third-order valence-corrected chi connectivity index (χ3v) is 5.78. The molecule has 1 atom stereocenters. The van der Waals surface area contributed by atoms with Crippen LogP contribution in [-0.4, -0.2) is 24.8 Å². The van der Waals surface area contributed by atoms with E-state index in [-0.39, 0.29) is 5.60 Å². The molecule has 0 radical (unpaired) electrons. The molecule has 3 fully saturated rings. The van der Waals surface area contributed by atoms with Gasteiger partial charge in [-0.05, 0) is 63.7 Å². The van der Waals surface area contributed by atoms with Gasteiger partial charge in [0.1, 0.15) is 0 Å². The molecule has 3 rings (SSSR count). The number of nitrogens with one attached hydrogen (secondary N) is 1. The van der Waals surface area contributed by atoms with Gasteiger partial charge in [0.05, 0.1) is 5.60 Å². The number of hydrogen-bond donors (Lipinski definition) is 1. The maximum Gasteiger partial charge on any atom is 0.0779 e. The molecule has 1 unspecified atom stereocenters. The zero-order valence-electron chi connectivity index (χ0n) is 12.0. The first kappa shape index (κ1) is 12.9. The lowest BCUT2D eigenvalue weighted by molar-refractivity contribution is 0.0161. The van der Waals surface area contributed by atoms with E-state index in [1.807, 2.05) is 0 Å². The molecule has 104 valence electrons. The number of hydrogen-bond acceptors (Lipinski definition) is 2. The predicted octanol–water partition coefficient (Wildman–Crippen LogP) is 3.65. The molecule has 0 aromatic heterocycles. The summed E-state index contributed by atoms with van der Waals surface area (Å²) < 4.78 is 5.86. The Kier molecular flexibility index (Phi) is 3.68. The summed E-state index contributed by atoms with van der Waals surface area (Å²) in [6.07, 6.45) is 14.2. The summed E-state index contributed by atoms with van der Waals surface area (Å²) in [4.78, 5) is 0. The molecule has 1 N–H and O–H groups in total. The van der Waals surface area contributed by atoms with Crippen molar-refractivity contribution in [2.24, 2.45) is 5.41 Å². The molecule has 2 nitrogen and oxygen atoms in total. The Morgan fingerprint density at radius 1 is 1.00 bits per heavy atom. The molecule has 0 amide bonds. The monoisotopic (exact) mass is 251 g/mol. The minimum Gasteiger partial charge on any atom is -0.374 e. The van der Waals surface area contributed by atoms with Crippen molar-refractivity contribution in [1.29, 1.82) is 0 Å². The quantitative estimate of drug-likeness (QED) is 0.826. The Bertz CT molecular complexity index is 267. The number of ether oxygens (including phenoxy) is 1. The van der Waals surface area contributed by atoms with Gasteiger partial charge in [-0.2, -0.15) is 0 Å². The molecular formula is C16H29NO. The van der Waals surface area contributed by atoms with Crippen molar-refractivity contribution in [3.8, 4) is 0 Å². The van der Waals surface area contributed by atoms with Crippen LogP contribution >= 0.6 is 0 Å². The van der Waals surface area contributed by atoms with Crippen molar-refractivity contribution in [3.05, 3.63) is 0 Å². The summed E-state index contributed by atoms with van der Waals surface area (Å²) in [6, 6.07) is 0.761. The Labute approximate surface area is 112 Å². The first-order chi connectivity index (χ1) is 8.70. The predicted molar refractivity (Wildman–Crippen MR) is 74.8 cm³/mol. The lowest BCUT2D eigenvalue weighted by Crippen LogP contribution is -2.44. The zero-order valence-corrected chi connectivity index (χ0v) is 12.0. The van der Waals surface area contributed by atoms with Crippen LogP contribution in [0.5, 0.6) is 0 Å². The van der Waals surface area contributed by atoms with Gasteiger partial charge in [0.15, 0.2) is 0 Å². The Hall–Kier alpha value is -0.0800. The van der Waals surface area contributed by atoms with Crippen molar-refractivity contribution in [1.82, 2.24) is 5.32 Å². The van der Waals surface area contributed by atoms with E-state index in [1.54, 1.807) is 0 Å². The molecule has 18 heavy (non-hydrogen) atoms. The van der Waals surface area contributed by atoms with E-state index in [2.05, 4.69) is 12.2 Å². The van der Waals surface area contributed by atoms with E-state index in [0.717, 1.165) is 24.6 Å². The highest BCUT2D eigenvalue weighted by Crippen LogP contribution is 2.48. The third kappa shape index (κ3) is 2.75. The summed E-state index contributed by atoms with van der Waals surface area (Å²) in [5.41, 5.74) is 0.897. The van der Waals surface area contributed by atoms with Gasteiger partial charge >= 0.3 is 0 Å².